The van der Waals surface area contributed by atoms with Crippen molar-refractivity contribution < 1.29 is 8.81 Å². The van der Waals surface area contributed by atoms with E-state index in [9.17, 15) is 9.18 Å². The number of aromatic nitrogens is 1. The summed E-state index contributed by atoms with van der Waals surface area (Å²) in [6.45, 7) is 0. The lowest BCUT2D eigenvalue weighted by molar-refractivity contribution is 0.594. The van der Waals surface area contributed by atoms with E-state index in [2.05, 4.69) is 4.98 Å². The van der Waals surface area contributed by atoms with Crippen molar-refractivity contribution in [3.05, 3.63) is 69.8 Å². The minimum absolute atomic E-state index is 0.134. The molecule has 23 heavy (non-hydrogen) atoms. The first-order valence-corrected chi connectivity index (χ1v) is 7.77. The Bertz CT molecular complexity index is 1100. The standard InChI is InChI=1S/C17H11FN2O2S/c18-11-3-1-2-9(7-11)6-10-8-22-13-5-4-12-16(14(13)15(10)21)23-17(19)20-12/h1-5,7-8H,6H2,(H2,19,20). The van der Waals surface area contributed by atoms with Crippen LogP contribution in [-0.2, 0) is 6.42 Å². The first kappa shape index (κ1) is 13.9. The number of anilines is 1. The zero-order chi connectivity index (χ0) is 16.0. The molecule has 4 nitrogen and oxygen atoms in total. The molecule has 0 saturated heterocycles. The molecular formula is C17H11FN2O2S. The van der Waals surface area contributed by atoms with Crippen molar-refractivity contribution in [1.82, 2.24) is 4.98 Å². The van der Waals surface area contributed by atoms with Crippen LogP contribution in [0.5, 0.6) is 0 Å². The molecule has 0 aliphatic rings. The van der Waals surface area contributed by atoms with E-state index in [-0.39, 0.29) is 11.2 Å². The zero-order valence-electron chi connectivity index (χ0n) is 11.9. The first-order valence-electron chi connectivity index (χ1n) is 6.95. The smallest absolute Gasteiger partial charge is 0.197 e. The lowest BCUT2D eigenvalue weighted by atomic mass is 10.0. The molecule has 0 spiro atoms. The third-order valence-corrected chi connectivity index (χ3v) is 4.58. The Hall–Kier alpha value is -2.73. The molecule has 0 aliphatic heterocycles. The van der Waals surface area contributed by atoms with E-state index in [4.69, 9.17) is 10.2 Å². The van der Waals surface area contributed by atoms with Crippen LogP contribution in [-0.4, -0.2) is 4.98 Å². The van der Waals surface area contributed by atoms with Gasteiger partial charge in [-0.15, -0.1) is 0 Å². The van der Waals surface area contributed by atoms with Gasteiger partial charge in [0, 0.05) is 12.0 Å². The Balaban J connectivity index is 1.93. The largest absolute Gasteiger partial charge is 0.464 e. The maximum atomic E-state index is 13.3. The molecule has 114 valence electrons. The number of nitrogen functional groups attached to an aromatic ring is 1. The van der Waals surface area contributed by atoms with E-state index < -0.39 is 0 Å². The summed E-state index contributed by atoms with van der Waals surface area (Å²) in [4.78, 5) is 17.0. The van der Waals surface area contributed by atoms with E-state index >= 15 is 0 Å². The van der Waals surface area contributed by atoms with Gasteiger partial charge in [-0.05, 0) is 29.8 Å². The maximum absolute atomic E-state index is 13.3. The molecule has 0 atom stereocenters. The Morgan fingerprint density at radius 1 is 1.26 bits per heavy atom. The summed E-state index contributed by atoms with van der Waals surface area (Å²) < 4.78 is 19.6. The summed E-state index contributed by atoms with van der Waals surface area (Å²) in [7, 11) is 0. The van der Waals surface area contributed by atoms with Gasteiger partial charge in [0.1, 0.15) is 11.4 Å². The summed E-state index contributed by atoms with van der Waals surface area (Å²) in [6, 6.07) is 9.67. The average Bonchev–Trinajstić information content (AvgIpc) is 2.90. The highest BCUT2D eigenvalue weighted by Gasteiger charge is 2.14. The SMILES string of the molecule is Nc1nc2ccc3occ(Cc4cccc(F)c4)c(=O)c3c2s1. The van der Waals surface area contributed by atoms with Gasteiger partial charge in [0.25, 0.3) is 0 Å². The van der Waals surface area contributed by atoms with Gasteiger partial charge in [-0.2, -0.15) is 0 Å². The van der Waals surface area contributed by atoms with Crippen LogP contribution in [0.15, 0.2) is 51.9 Å². The topological polar surface area (TPSA) is 69.1 Å². The average molecular weight is 326 g/mol. The van der Waals surface area contributed by atoms with E-state index in [1.165, 1.54) is 29.7 Å². The van der Waals surface area contributed by atoms with Crippen LogP contribution < -0.4 is 11.2 Å². The van der Waals surface area contributed by atoms with E-state index in [0.717, 1.165) is 4.70 Å². The van der Waals surface area contributed by atoms with Gasteiger partial charge >= 0.3 is 0 Å². The highest BCUT2D eigenvalue weighted by molar-refractivity contribution is 7.22. The second-order valence-electron chi connectivity index (χ2n) is 5.24. The Labute approximate surface area is 134 Å². The number of nitrogens with two attached hydrogens (primary N) is 1. The number of rotatable bonds is 2. The fraction of sp³-hybridized carbons (Fsp3) is 0.0588. The van der Waals surface area contributed by atoms with Crippen LogP contribution in [0.2, 0.25) is 0 Å². The normalized spacial score (nSPS) is 11.3. The van der Waals surface area contributed by atoms with E-state index in [1.54, 1.807) is 24.3 Å². The number of benzene rings is 2. The molecular weight excluding hydrogens is 315 g/mol. The lowest BCUT2D eigenvalue weighted by Gasteiger charge is -2.03. The predicted octanol–water partition coefficient (Wildman–Crippen LogP) is 3.71. The van der Waals surface area contributed by atoms with Crippen molar-refractivity contribution in [3.63, 3.8) is 0 Å². The van der Waals surface area contributed by atoms with Gasteiger partial charge in [-0.1, -0.05) is 23.5 Å². The minimum Gasteiger partial charge on any atom is -0.464 e. The first-order chi connectivity index (χ1) is 11.1. The van der Waals surface area contributed by atoms with E-state index in [1.807, 2.05) is 0 Å². The highest BCUT2D eigenvalue weighted by Crippen LogP contribution is 2.30. The molecule has 6 heteroatoms. The third-order valence-electron chi connectivity index (χ3n) is 3.67. The molecule has 0 aliphatic carbocycles. The quantitative estimate of drug-likeness (QED) is 0.609. The van der Waals surface area contributed by atoms with Crippen LogP contribution in [0, 0.1) is 5.82 Å². The van der Waals surface area contributed by atoms with Gasteiger partial charge < -0.3 is 10.2 Å². The summed E-state index contributed by atoms with van der Waals surface area (Å²) in [5.74, 6) is -0.328. The summed E-state index contributed by atoms with van der Waals surface area (Å²) in [5.41, 5.74) is 7.97. The minimum atomic E-state index is -0.328. The van der Waals surface area contributed by atoms with Crippen molar-refractivity contribution in [2.75, 3.05) is 5.73 Å². The highest BCUT2D eigenvalue weighted by atomic mass is 32.1. The Kier molecular flexibility index (Phi) is 3.12. The molecule has 2 heterocycles. The number of nitrogens with zero attached hydrogens (tertiary/aromatic N) is 1. The van der Waals surface area contributed by atoms with Crippen LogP contribution in [0.4, 0.5) is 9.52 Å². The second kappa shape index (κ2) is 5.17. The van der Waals surface area contributed by atoms with Crippen LogP contribution in [0.1, 0.15) is 11.1 Å². The van der Waals surface area contributed by atoms with Crippen molar-refractivity contribution in [2.24, 2.45) is 0 Å². The van der Waals surface area contributed by atoms with Crippen LogP contribution >= 0.6 is 11.3 Å². The maximum Gasteiger partial charge on any atom is 0.197 e. The number of halogens is 1. The number of fused-ring (bicyclic) bond motifs is 3. The molecule has 0 radical (unpaired) electrons. The van der Waals surface area contributed by atoms with Gasteiger partial charge in [0.15, 0.2) is 10.6 Å². The monoisotopic (exact) mass is 326 g/mol. The summed E-state index contributed by atoms with van der Waals surface area (Å²) >= 11 is 1.26. The zero-order valence-corrected chi connectivity index (χ0v) is 12.7. The van der Waals surface area contributed by atoms with Crippen LogP contribution in [0.3, 0.4) is 0 Å². The van der Waals surface area contributed by atoms with E-state index in [0.29, 0.717) is 39.2 Å². The number of hydrogen-bond acceptors (Lipinski definition) is 5. The molecule has 2 aromatic carbocycles. The van der Waals surface area contributed by atoms with Crippen molar-refractivity contribution in [1.29, 1.82) is 0 Å². The molecule has 0 amide bonds. The summed E-state index contributed by atoms with van der Waals surface area (Å²) in [6.07, 6.45) is 1.74. The molecule has 0 saturated carbocycles. The van der Waals surface area contributed by atoms with Crippen LogP contribution in [0.25, 0.3) is 21.2 Å². The molecule has 0 fully saturated rings. The predicted molar refractivity (Wildman–Crippen MR) is 89.3 cm³/mol. The van der Waals surface area contributed by atoms with Gasteiger partial charge in [0.2, 0.25) is 0 Å². The molecule has 0 bridgehead atoms. The molecule has 2 N–H and O–H groups in total. The van der Waals surface area contributed by atoms with Gasteiger partial charge in [0.05, 0.1) is 21.9 Å². The van der Waals surface area contributed by atoms with Crippen molar-refractivity contribution in [3.8, 4) is 0 Å². The Morgan fingerprint density at radius 3 is 2.96 bits per heavy atom. The fourth-order valence-corrected chi connectivity index (χ4v) is 3.51. The van der Waals surface area contributed by atoms with Crippen molar-refractivity contribution in [2.45, 2.75) is 6.42 Å². The molecule has 0 unspecified atom stereocenters. The Morgan fingerprint density at radius 2 is 2.13 bits per heavy atom. The fourth-order valence-electron chi connectivity index (χ4n) is 2.64. The van der Waals surface area contributed by atoms with Crippen molar-refractivity contribution >= 4 is 37.7 Å². The summed E-state index contributed by atoms with van der Waals surface area (Å²) in [5, 5.41) is 0.882. The van der Waals surface area contributed by atoms with Gasteiger partial charge in [-0.25, -0.2) is 9.37 Å². The lowest BCUT2D eigenvalue weighted by Crippen LogP contribution is -2.09. The molecule has 4 rings (SSSR count). The van der Waals surface area contributed by atoms with Gasteiger partial charge in [-0.3, -0.25) is 4.79 Å². The second-order valence-corrected chi connectivity index (χ2v) is 6.27. The number of thiazole rings is 1. The molecule has 2 aromatic heterocycles. The third kappa shape index (κ3) is 2.37. The number of hydrogen-bond donors (Lipinski definition) is 1. The molecule has 4 aromatic rings.